The fourth-order valence-corrected chi connectivity index (χ4v) is 2.87. The number of sulfonamides is 1. The van der Waals surface area contributed by atoms with Crippen LogP contribution in [0.1, 0.15) is 45.4 Å². The van der Waals surface area contributed by atoms with E-state index in [2.05, 4.69) is 12.2 Å². The summed E-state index contributed by atoms with van der Waals surface area (Å²) >= 11 is 0. The van der Waals surface area contributed by atoms with Crippen LogP contribution in [0.3, 0.4) is 0 Å². The molecule has 16 heavy (non-hydrogen) atoms. The van der Waals surface area contributed by atoms with Gasteiger partial charge in [-0.2, -0.15) is 0 Å². The van der Waals surface area contributed by atoms with E-state index in [1.165, 1.54) is 38.5 Å². The molecule has 0 heterocycles. The lowest BCUT2D eigenvalue weighted by Crippen LogP contribution is -2.37. The zero-order valence-electron chi connectivity index (χ0n) is 10.1. The highest BCUT2D eigenvalue weighted by Gasteiger charge is 2.20. The molecular formula is C11H24N2O2S. The summed E-state index contributed by atoms with van der Waals surface area (Å²) < 4.78 is 21.5. The maximum Gasteiger partial charge on any atom is 0.210 e. The minimum atomic E-state index is -3.31. The third kappa shape index (κ3) is 5.82. The van der Waals surface area contributed by atoms with Crippen LogP contribution in [-0.4, -0.2) is 26.8 Å². The zero-order chi connectivity index (χ0) is 12.0. The van der Waals surface area contributed by atoms with E-state index < -0.39 is 10.0 Å². The Bertz CT molecular complexity index is 282. The van der Waals surface area contributed by atoms with Crippen molar-refractivity contribution in [1.29, 1.82) is 0 Å². The van der Waals surface area contributed by atoms with Crippen molar-refractivity contribution in [3.63, 3.8) is 0 Å². The molecule has 0 aromatic rings. The van der Waals surface area contributed by atoms with Gasteiger partial charge in [0.15, 0.2) is 0 Å². The number of nitrogens with two attached hydrogens (primary N) is 1. The standard InChI is InChI=1S/C11H24N2O2S/c1-2-3-10-4-6-11(7-5-10)13-8-9-16(12,14)15/h10-11,13H,2-9H2,1H3,(H2,12,14,15). The Balaban J connectivity index is 2.13. The summed E-state index contributed by atoms with van der Waals surface area (Å²) in [5.41, 5.74) is 0. The molecular weight excluding hydrogens is 224 g/mol. The number of rotatable bonds is 6. The highest BCUT2D eigenvalue weighted by atomic mass is 32.2. The zero-order valence-corrected chi connectivity index (χ0v) is 10.9. The molecule has 0 spiro atoms. The van der Waals surface area contributed by atoms with Gasteiger partial charge in [0.05, 0.1) is 5.75 Å². The fourth-order valence-electron chi connectivity index (χ4n) is 2.47. The molecule has 0 aliphatic heterocycles. The van der Waals surface area contributed by atoms with E-state index >= 15 is 0 Å². The van der Waals surface area contributed by atoms with Crippen LogP contribution in [0.4, 0.5) is 0 Å². The second kappa shape index (κ2) is 6.57. The summed E-state index contributed by atoms with van der Waals surface area (Å²) in [5.74, 6) is 0.934. The Morgan fingerprint density at radius 3 is 2.38 bits per heavy atom. The van der Waals surface area contributed by atoms with Crippen molar-refractivity contribution >= 4 is 10.0 Å². The van der Waals surface area contributed by atoms with Crippen LogP contribution in [0.2, 0.25) is 0 Å². The number of nitrogens with one attached hydrogen (secondary N) is 1. The minimum absolute atomic E-state index is 0.0435. The molecule has 1 aliphatic rings. The Labute approximate surface area is 99.0 Å². The summed E-state index contributed by atoms with van der Waals surface area (Å²) in [6.45, 7) is 2.72. The van der Waals surface area contributed by atoms with E-state index in [0.29, 0.717) is 12.6 Å². The molecule has 0 unspecified atom stereocenters. The average Bonchev–Trinajstić information content (AvgIpc) is 2.19. The molecule has 0 saturated heterocycles. The topological polar surface area (TPSA) is 72.2 Å². The van der Waals surface area contributed by atoms with Crippen LogP contribution < -0.4 is 10.5 Å². The van der Waals surface area contributed by atoms with E-state index in [1.54, 1.807) is 0 Å². The van der Waals surface area contributed by atoms with E-state index in [9.17, 15) is 8.42 Å². The van der Waals surface area contributed by atoms with Crippen molar-refractivity contribution in [3.05, 3.63) is 0 Å². The average molecular weight is 248 g/mol. The highest BCUT2D eigenvalue weighted by Crippen LogP contribution is 2.27. The predicted molar refractivity (Wildman–Crippen MR) is 66.6 cm³/mol. The molecule has 0 aromatic carbocycles. The maximum absolute atomic E-state index is 10.7. The van der Waals surface area contributed by atoms with Gasteiger partial charge >= 0.3 is 0 Å². The van der Waals surface area contributed by atoms with Gasteiger partial charge in [0.25, 0.3) is 0 Å². The molecule has 1 rings (SSSR count). The third-order valence-electron chi connectivity index (χ3n) is 3.36. The summed E-state index contributed by atoms with van der Waals surface area (Å²) in [5, 5.41) is 8.23. The van der Waals surface area contributed by atoms with Crippen molar-refractivity contribution < 1.29 is 8.42 Å². The molecule has 0 amide bonds. The van der Waals surface area contributed by atoms with Gasteiger partial charge in [0, 0.05) is 12.6 Å². The Kier molecular flexibility index (Phi) is 5.72. The lowest BCUT2D eigenvalue weighted by Gasteiger charge is -2.28. The molecule has 5 heteroatoms. The lowest BCUT2D eigenvalue weighted by molar-refractivity contribution is 0.281. The van der Waals surface area contributed by atoms with Crippen LogP contribution in [0.25, 0.3) is 0 Å². The summed E-state index contributed by atoms with van der Waals surface area (Å²) in [6.07, 6.45) is 7.52. The van der Waals surface area contributed by atoms with E-state index in [4.69, 9.17) is 5.14 Å². The minimum Gasteiger partial charge on any atom is -0.313 e. The van der Waals surface area contributed by atoms with Gasteiger partial charge in [-0.15, -0.1) is 0 Å². The fraction of sp³-hybridized carbons (Fsp3) is 1.00. The van der Waals surface area contributed by atoms with Gasteiger partial charge in [-0.05, 0) is 31.6 Å². The van der Waals surface area contributed by atoms with Gasteiger partial charge in [-0.1, -0.05) is 19.8 Å². The molecule has 0 bridgehead atoms. The van der Waals surface area contributed by atoms with Gasteiger partial charge < -0.3 is 5.32 Å². The van der Waals surface area contributed by atoms with Gasteiger partial charge in [-0.25, -0.2) is 13.6 Å². The predicted octanol–water partition coefficient (Wildman–Crippen LogP) is 1.22. The van der Waals surface area contributed by atoms with Gasteiger partial charge in [-0.3, -0.25) is 0 Å². The quantitative estimate of drug-likeness (QED) is 0.742. The number of hydrogen-bond donors (Lipinski definition) is 2. The van der Waals surface area contributed by atoms with Crippen molar-refractivity contribution in [2.75, 3.05) is 12.3 Å². The van der Waals surface area contributed by atoms with Crippen molar-refractivity contribution in [1.82, 2.24) is 5.32 Å². The first-order valence-corrected chi connectivity index (χ1v) is 7.96. The monoisotopic (exact) mass is 248 g/mol. The van der Waals surface area contributed by atoms with Gasteiger partial charge in [0.2, 0.25) is 10.0 Å². The van der Waals surface area contributed by atoms with Crippen LogP contribution in [-0.2, 0) is 10.0 Å². The molecule has 1 aliphatic carbocycles. The van der Waals surface area contributed by atoms with Crippen LogP contribution >= 0.6 is 0 Å². The summed E-state index contributed by atoms with van der Waals surface area (Å²) in [6, 6.07) is 0.495. The van der Waals surface area contributed by atoms with E-state index in [1.807, 2.05) is 0 Å². The van der Waals surface area contributed by atoms with E-state index in [0.717, 1.165) is 5.92 Å². The van der Waals surface area contributed by atoms with Crippen molar-refractivity contribution in [2.24, 2.45) is 11.1 Å². The summed E-state index contributed by atoms with van der Waals surface area (Å²) in [7, 11) is -3.31. The van der Waals surface area contributed by atoms with Crippen molar-refractivity contribution in [2.45, 2.75) is 51.5 Å². The molecule has 1 fully saturated rings. The lowest BCUT2D eigenvalue weighted by atomic mass is 9.83. The van der Waals surface area contributed by atoms with Crippen LogP contribution in [0.5, 0.6) is 0 Å². The smallest absolute Gasteiger partial charge is 0.210 e. The Morgan fingerprint density at radius 1 is 1.25 bits per heavy atom. The molecule has 0 atom stereocenters. The number of primary sulfonamides is 1. The normalized spacial score (nSPS) is 26.9. The molecule has 4 nitrogen and oxygen atoms in total. The first-order chi connectivity index (χ1) is 7.51. The van der Waals surface area contributed by atoms with Gasteiger partial charge in [0.1, 0.15) is 0 Å². The van der Waals surface area contributed by atoms with Crippen molar-refractivity contribution in [3.8, 4) is 0 Å². The molecule has 1 saturated carbocycles. The SMILES string of the molecule is CCCC1CCC(NCCS(N)(=O)=O)CC1. The molecule has 96 valence electrons. The largest absolute Gasteiger partial charge is 0.313 e. The van der Waals surface area contributed by atoms with Crippen LogP contribution in [0, 0.1) is 5.92 Å². The molecule has 3 N–H and O–H groups in total. The van der Waals surface area contributed by atoms with Crippen LogP contribution in [0.15, 0.2) is 0 Å². The number of hydrogen-bond acceptors (Lipinski definition) is 3. The second-order valence-electron chi connectivity index (χ2n) is 4.83. The first-order valence-electron chi connectivity index (χ1n) is 6.25. The highest BCUT2D eigenvalue weighted by molar-refractivity contribution is 7.89. The molecule has 0 radical (unpaired) electrons. The second-order valence-corrected chi connectivity index (χ2v) is 6.56. The van der Waals surface area contributed by atoms with E-state index in [-0.39, 0.29) is 5.75 Å². The molecule has 0 aromatic heterocycles. The maximum atomic E-state index is 10.7. The first kappa shape index (κ1) is 13.9. The Hall–Kier alpha value is -0.130. The summed E-state index contributed by atoms with van der Waals surface area (Å²) in [4.78, 5) is 0. The third-order valence-corrected chi connectivity index (χ3v) is 4.14. The Morgan fingerprint density at radius 2 is 1.88 bits per heavy atom.